The highest BCUT2D eigenvalue weighted by atomic mass is 32.1. The zero-order valence-corrected chi connectivity index (χ0v) is 39.7. The van der Waals surface area contributed by atoms with Gasteiger partial charge < -0.3 is 14.4 Å². The summed E-state index contributed by atoms with van der Waals surface area (Å²) < 4.78 is 2.42. The van der Waals surface area contributed by atoms with E-state index in [2.05, 4.69) is 254 Å². The third-order valence-corrected chi connectivity index (χ3v) is 15.9. The largest absolute Gasteiger partial charge is 0.311 e. The lowest BCUT2D eigenvalue weighted by Gasteiger charge is -2.32. The standard InChI is InChI=1S/C64H51N3S/c1-63(2)56-25-14-11-22-50(56)52-32-30-46(40-58(52)63)65(44-18-7-5-8-19-44)48-36-43(42-29-34-61-55(38-42)54-24-13-16-27-60(54)67(61)62-28-17-35-68-62)37-49(39-48)66(45-20-9-6-10-21-45)47-31-33-53-51-23-12-15-26-57(51)64(3,4)59(53)41-47/h5,7-9,11-41H,6,10H2,1-4H3. The molecule has 8 aromatic carbocycles. The Hall–Kier alpha value is -7.66. The van der Waals surface area contributed by atoms with Crippen LogP contribution in [0, 0.1) is 0 Å². The molecule has 0 fully saturated rings. The number of nitrogens with zero attached hydrogens (tertiary/aromatic N) is 3. The molecule has 0 unspecified atom stereocenters. The molecule has 3 aliphatic carbocycles. The summed E-state index contributed by atoms with van der Waals surface area (Å²) in [6, 6.07) is 70.6. The molecule has 0 amide bonds. The Morgan fingerprint density at radius 1 is 0.426 bits per heavy atom. The summed E-state index contributed by atoms with van der Waals surface area (Å²) in [5.41, 5.74) is 22.0. The SMILES string of the molecule is CC1(C)c2ccccc2-c2ccc(N(C3=CCCC=C3)c3cc(-c4ccc5c(c4)c4ccccc4n5-c4cccs4)cc(N(c4ccccc4)c4ccc5c(c4)C(C)(C)c4ccccc4-5)c3)cc21. The quantitative estimate of drug-likeness (QED) is 0.151. The number of para-hydroxylation sites is 2. The Morgan fingerprint density at radius 2 is 1.03 bits per heavy atom. The highest BCUT2D eigenvalue weighted by Crippen LogP contribution is 2.53. The fourth-order valence-corrected chi connectivity index (χ4v) is 12.5. The van der Waals surface area contributed by atoms with Crippen molar-refractivity contribution in [3.63, 3.8) is 0 Å². The third kappa shape index (κ3) is 6.24. The molecule has 4 heteroatoms. The van der Waals surface area contributed by atoms with E-state index in [9.17, 15) is 0 Å². The first-order chi connectivity index (χ1) is 33.2. The average molecular weight is 894 g/mol. The number of benzene rings is 8. The Morgan fingerprint density at radius 3 is 1.69 bits per heavy atom. The van der Waals surface area contributed by atoms with Gasteiger partial charge in [-0.05, 0) is 165 Å². The van der Waals surface area contributed by atoms with Crippen LogP contribution >= 0.6 is 11.3 Å². The normalized spacial score (nSPS) is 14.9. The molecule has 0 spiro atoms. The molecule has 0 saturated carbocycles. The van der Waals surface area contributed by atoms with Gasteiger partial charge >= 0.3 is 0 Å². The van der Waals surface area contributed by atoms with Gasteiger partial charge in [0, 0.05) is 55.7 Å². The summed E-state index contributed by atoms with van der Waals surface area (Å²) in [6.07, 6.45) is 9.10. The van der Waals surface area contributed by atoms with Crippen LogP contribution in [0.25, 0.3) is 60.2 Å². The molecule has 13 rings (SSSR count). The van der Waals surface area contributed by atoms with Crippen LogP contribution in [0.5, 0.6) is 0 Å². The number of hydrogen-bond donors (Lipinski definition) is 0. The first kappa shape index (κ1) is 40.6. The van der Waals surface area contributed by atoms with Gasteiger partial charge in [-0.2, -0.15) is 0 Å². The second-order valence-electron chi connectivity index (χ2n) is 19.7. The molecule has 2 heterocycles. The van der Waals surface area contributed by atoms with Crippen LogP contribution in [0.1, 0.15) is 62.8 Å². The molecule has 0 radical (unpaired) electrons. The van der Waals surface area contributed by atoms with Crippen molar-refractivity contribution >= 4 is 61.6 Å². The van der Waals surface area contributed by atoms with E-state index in [0.29, 0.717) is 0 Å². The number of anilines is 5. The molecule has 0 bridgehead atoms. The summed E-state index contributed by atoms with van der Waals surface area (Å²) in [5.74, 6) is 0. The summed E-state index contributed by atoms with van der Waals surface area (Å²) >= 11 is 1.78. The number of aromatic nitrogens is 1. The Bertz CT molecular complexity index is 3700. The number of rotatable bonds is 8. The molecular weight excluding hydrogens is 843 g/mol. The highest BCUT2D eigenvalue weighted by molar-refractivity contribution is 7.12. The molecule has 328 valence electrons. The third-order valence-electron chi connectivity index (χ3n) is 15.0. The number of hydrogen-bond acceptors (Lipinski definition) is 3. The number of allylic oxidation sites excluding steroid dienone is 3. The minimum atomic E-state index is -0.146. The van der Waals surface area contributed by atoms with Crippen LogP contribution in [0.15, 0.2) is 217 Å². The Balaban J connectivity index is 1.06. The number of thiophene rings is 1. The smallest absolute Gasteiger partial charge is 0.0999 e. The van der Waals surface area contributed by atoms with Crippen LogP contribution in [0.2, 0.25) is 0 Å². The Kier molecular flexibility index (Phi) is 9.22. The van der Waals surface area contributed by atoms with Crippen molar-refractivity contribution in [3.8, 4) is 38.4 Å². The van der Waals surface area contributed by atoms with Crippen LogP contribution in [0.3, 0.4) is 0 Å². The first-order valence-corrected chi connectivity index (χ1v) is 24.9. The van der Waals surface area contributed by atoms with E-state index in [-0.39, 0.29) is 10.8 Å². The second kappa shape index (κ2) is 15.4. The van der Waals surface area contributed by atoms with Crippen molar-refractivity contribution in [2.45, 2.75) is 51.4 Å². The fraction of sp³-hybridized carbons (Fsp3) is 0.125. The zero-order valence-electron chi connectivity index (χ0n) is 38.9. The highest BCUT2D eigenvalue weighted by Gasteiger charge is 2.37. The minimum Gasteiger partial charge on any atom is -0.311 e. The molecule has 3 aliphatic rings. The van der Waals surface area contributed by atoms with Gasteiger partial charge in [-0.15, -0.1) is 11.3 Å². The summed E-state index contributed by atoms with van der Waals surface area (Å²) in [5, 5.41) is 5.88. The topological polar surface area (TPSA) is 11.4 Å². The van der Waals surface area contributed by atoms with Gasteiger partial charge in [0.15, 0.2) is 0 Å². The molecular formula is C64H51N3S. The van der Waals surface area contributed by atoms with Crippen molar-refractivity contribution in [1.82, 2.24) is 4.57 Å². The van der Waals surface area contributed by atoms with E-state index in [4.69, 9.17) is 0 Å². The lowest BCUT2D eigenvalue weighted by atomic mass is 9.82. The lowest BCUT2D eigenvalue weighted by Crippen LogP contribution is -2.20. The molecule has 3 nitrogen and oxygen atoms in total. The predicted octanol–water partition coefficient (Wildman–Crippen LogP) is 18.0. The van der Waals surface area contributed by atoms with Gasteiger partial charge in [0.05, 0.1) is 16.0 Å². The monoisotopic (exact) mass is 893 g/mol. The molecule has 0 N–H and O–H groups in total. The van der Waals surface area contributed by atoms with Gasteiger partial charge in [0.1, 0.15) is 0 Å². The van der Waals surface area contributed by atoms with Crippen LogP contribution in [-0.4, -0.2) is 4.57 Å². The lowest BCUT2D eigenvalue weighted by molar-refractivity contribution is 0.660. The van der Waals surface area contributed by atoms with Gasteiger partial charge in [0.25, 0.3) is 0 Å². The van der Waals surface area contributed by atoms with Gasteiger partial charge in [-0.3, -0.25) is 0 Å². The van der Waals surface area contributed by atoms with Crippen LogP contribution in [0.4, 0.5) is 28.4 Å². The van der Waals surface area contributed by atoms with E-state index in [1.165, 1.54) is 82.6 Å². The molecule has 2 aromatic heterocycles. The predicted molar refractivity (Wildman–Crippen MR) is 289 cm³/mol. The Labute approximate surface area is 403 Å². The summed E-state index contributed by atoms with van der Waals surface area (Å²) in [7, 11) is 0. The van der Waals surface area contributed by atoms with E-state index >= 15 is 0 Å². The maximum atomic E-state index is 2.51. The fourth-order valence-electron chi connectivity index (χ4n) is 11.7. The van der Waals surface area contributed by atoms with Crippen molar-refractivity contribution in [2.24, 2.45) is 0 Å². The second-order valence-corrected chi connectivity index (χ2v) is 20.6. The summed E-state index contributed by atoms with van der Waals surface area (Å²) in [6.45, 7) is 9.50. The van der Waals surface area contributed by atoms with Crippen molar-refractivity contribution in [3.05, 3.63) is 240 Å². The van der Waals surface area contributed by atoms with Crippen LogP contribution < -0.4 is 9.80 Å². The maximum absolute atomic E-state index is 2.51. The zero-order chi connectivity index (χ0) is 45.7. The van der Waals surface area contributed by atoms with E-state index in [0.717, 1.165) is 46.8 Å². The average Bonchev–Trinajstić information content (AvgIpc) is 4.13. The molecule has 0 aliphatic heterocycles. The molecule has 0 atom stereocenters. The van der Waals surface area contributed by atoms with Crippen molar-refractivity contribution in [2.75, 3.05) is 9.80 Å². The van der Waals surface area contributed by atoms with E-state index in [1.807, 2.05) is 0 Å². The summed E-state index contributed by atoms with van der Waals surface area (Å²) in [4.78, 5) is 4.98. The molecule has 0 saturated heterocycles. The van der Waals surface area contributed by atoms with E-state index < -0.39 is 0 Å². The van der Waals surface area contributed by atoms with Gasteiger partial charge in [-0.25, -0.2) is 0 Å². The minimum absolute atomic E-state index is 0.139. The molecule has 68 heavy (non-hydrogen) atoms. The van der Waals surface area contributed by atoms with Crippen molar-refractivity contribution in [1.29, 1.82) is 0 Å². The van der Waals surface area contributed by atoms with Crippen LogP contribution in [-0.2, 0) is 10.8 Å². The first-order valence-electron chi connectivity index (χ1n) is 24.0. The number of fused-ring (bicyclic) bond motifs is 9. The van der Waals surface area contributed by atoms with E-state index in [1.54, 1.807) is 11.3 Å². The molecule has 10 aromatic rings. The van der Waals surface area contributed by atoms with Crippen molar-refractivity contribution < 1.29 is 0 Å². The van der Waals surface area contributed by atoms with Gasteiger partial charge in [-0.1, -0.05) is 143 Å². The van der Waals surface area contributed by atoms with Gasteiger partial charge in [0.2, 0.25) is 0 Å². The maximum Gasteiger partial charge on any atom is 0.0999 e.